The van der Waals surface area contributed by atoms with Crippen LogP contribution in [0, 0.1) is 0 Å². The zero-order chi connectivity index (χ0) is 18.5. The molecule has 0 radical (unpaired) electrons. The molecule has 0 nitrogen and oxygen atoms in total. The fourth-order valence-corrected chi connectivity index (χ4v) is 5.71. The first-order chi connectivity index (χ1) is 13.9. The molecule has 0 amide bonds. The van der Waals surface area contributed by atoms with E-state index in [-0.39, 0.29) is 0 Å². The van der Waals surface area contributed by atoms with Gasteiger partial charge in [0.2, 0.25) is 0 Å². The van der Waals surface area contributed by atoms with Crippen molar-refractivity contribution in [3.05, 3.63) is 108 Å². The van der Waals surface area contributed by atoms with Gasteiger partial charge in [0, 0.05) is 25.6 Å². The van der Waals surface area contributed by atoms with Gasteiger partial charge in [-0.3, -0.25) is 0 Å². The summed E-state index contributed by atoms with van der Waals surface area (Å²) in [6, 6.07) is 35.4. The number of hydrogen-bond acceptors (Lipinski definition) is 1. The second kappa shape index (κ2) is 6.19. The maximum Gasteiger partial charge on any atom is 0.0440 e. The maximum absolute atomic E-state index is 2.39. The largest absolute Gasteiger partial charge is 0.134 e. The minimum atomic E-state index is 0.979. The summed E-state index contributed by atoms with van der Waals surface area (Å²) in [5.41, 5.74) is 2.73. The Morgan fingerprint density at radius 3 is 1.93 bits per heavy atom. The Kier molecular flexibility index (Phi) is 3.50. The summed E-state index contributed by atoms with van der Waals surface area (Å²) >= 11 is 1.93. The highest BCUT2D eigenvalue weighted by atomic mass is 32.1. The molecule has 6 rings (SSSR count). The van der Waals surface area contributed by atoms with Gasteiger partial charge in [0.05, 0.1) is 0 Å². The van der Waals surface area contributed by atoms with Crippen LogP contribution in [0.15, 0.2) is 97.1 Å². The molecule has 0 aliphatic heterocycles. The molecule has 5 aromatic carbocycles. The summed E-state index contributed by atoms with van der Waals surface area (Å²) in [6.07, 6.45) is 0.979. The SMILES string of the molecule is c1ccc(Cc2ccc3c(c2)sc2c4ccccc4c4ccccc4c32)cc1. The molecule has 0 spiro atoms. The predicted octanol–water partition coefficient (Wildman–Crippen LogP) is 7.95. The first kappa shape index (κ1) is 15.9. The van der Waals surface area contributed by atoms with E-state index in [2.05, 4.69) is 97.1 Å². The van der Waals surface area contributed by atoms with Crippen molar-refractivity contribution >= 4 is 53.1 Å². The Hall–Kier alpha value is -3.16. The number of benzene rings is 5. The molecule has 1 aromatic heterocycles. The molecule has 0 saturated carbocycles. The van der Waals surface area contributed by atoms with Crippen LogP contribution in [-0.4, -0.2) is 0 Å². The van der Waals surface area contributed by atoms with E-state index in [1.165, 1.54) is 52.8 Å². The molecule has 0 atom stereocenters. The van der Waals surface area contributed by atoms with Crippen LogP contribution in [-0.2, 0) is 6.42 Å². The molecule has 28 heavy (non-hydrogen) atoms. The predicted molar refractivity (Wildman–Crippen MR) is 124 cm³/mol. The first-order valence-electron chi connectivity index (χ1n) is 9.67. The van der Waals surface area contributed by atoms with Crippen molar-refractivity contribution in [2.24, 2.45) is 0 Å². The van der Waals surface area contributed by atoms with Crippen LogP contribution in [0.2, 0.25) is 0 Å². The smallest absolute Gasteiger partial charge is 0.0440 e. The van der Waals surface area contributed by atoms with E-state index < -0.39 is 0 Å². The van der Waals surface area contributed by atoms with Gasteiger partial charge in [0.15, 0.2) is 0 Å². The normalized spacial score (nSPS) is 11.7. The minimum absolute atomic E-state index is 0.979. The van der Waals surface area contributed by atoms with Gasteiger partial charge in [0.25, 0.3) is 0 Å². The third-order valence-electron chi connectivity index (χ3n) is 5.66. The van der Waals surface area contributed by atoms with Gasteiger partial charge >= 0.3 is 0 Å². The molecule has 1 heteroatoms. The van der Waals surface area contributed by atoms with Crippen LogP contribution in [0.1, 0.15) is 11.1 Å². The Bertz CT molecular complexity index is 1470. The van der Waals surface area contributed by atoms with Crippen molar-refractivity contribution in [1.82, 2.24) is 0 Å². The standard InChI is InChI=1S/C27H18S/c1-2-8-18(9-3-1)16-19-14-15-24-25(17-19)28-27-23-13-7-5-11-21(23)20-10-4-6-12-22(20)26(24)27/h1-15,17H,16H2. The highest BCUT2D eigenvalue weighted by molar-refractivity contribution is 7.27. The van der Waals surface area contributed by atoms with Crippen LogP contribution in [0.3, 0.4) is 0 Å². The van der Waals surface area contributed by atoms with Crippen LogP contribution < -0.4 is 0 Å². The fraction of sp³-hybridized carbons (Fsp3) is 0.0370. The van der Waals surface area contributed by atoms with E-state index in [1.54, 1.807) is 0 Å². The van der Waals surface area contributed by atoms with E-state index in [4.69, 9.17) is 0 Å². The van der Waals surface area contributed by atoms with Crippen molar-refractivity contribution in [3.8, 4) is 0 Å². The zero-order valence-electron chi connectivity index (χ0n) is 15.4. The van der Waals surface area contributed by atoms with Gasteiger partial charge in [-0.05, 0) is 39.8 Å². The molecule has 0 aliphatic rings. The Morgan fingerprint density at radius 2 is 1.14 bits per heavy atom. The van der Waals surface area contributed by atoms with Gasteiger partial charge in [-0.25, -0.2) is 0 Å². The summed E-state index contributed by atoms with van der Waals surface area (Å²) in [7, 11) is 0. The molecule has 0 N–H and O–H groups in total. The van der Waals surface area contributed by atoms with Crippen LogP contribution in [0.4, 0.5) is 0 Å². The third-order valence-corrected chi connectivity index (χ3v) is 6.85. The van der Waals surface area contributed by atoms with E-state index >= 15 is 0 Å². The van der Waals surface area contributed by atoms with E-state index in [0.717, 1.165) is 6.42 Å². The molecular weight excluding hydrogens is 356 g/mol. The molecule has 0 unspecified atom stereocenters. The van der Waals surface area contributed by atoms with Crippen molar-refractivity contribution in [2.75, 3.05) is 0 Å². The molecule has 0 bridgehead atoms. The lowest BCUT2D eigenvalue weighted by molar-refractivity contribution is 1.20. The monoisotopic (exact) mass is 374 g/mol. The molecular formula is C27H18S. The van der Waals surface area contributed by atoms with Crippen LogP contribution in [0.25, 0.3) is 41.7 Å². The van der Waals surface area contributed by atoms with E-state index in [0.29, 0.717) is 0 Å². The molecule has 6 aromatic rings. The lowest BCUT2D eigenvalue weighted by Crippen LogP contribution is -1.86. The van der Waals surface area contributed by atoms with Crippen LogP contribution >= 0.6 is 11.3 Å². The fourth-order valence-electron chi connectivity index (χ4n) is 4.39. The number of fused-ring (bicyclic) bond motifs is 8. The van der Waals surface area contributed by atoms with E-state index in [9.17, 15) is 0 Å². The average Bonchev–Trinajstić information content (AvgIpc) is 3.14. The second-order valence-electron chi connectivity index (χ2n) is 7.39. The van der Waals surface area contributed by atoms with Gasteiger partial charge in [-0.2, -0.15) is 0 Å². The highest BCUT2D eigenvalue weighted by Crippen LogP contribution is 2.43. The van der Waals surface area contributed by atoms with E-state index in [1.807, 2.05) is 11.3 Å². The quantitative estimate of drug-likeness (QED) is 0.270. The number of hydrogen-bond donors (Lipinski definition) is 0. The summed E-state index contributed by atoms with van der Waals surface area (Å²) in [5, 5.41) is 8.19. The molecule has 0 aliphatic carbocycles. The van der Waals surface area contributed by atoms with Crippen LogP contribution in [0.5, 0.6) is 0 Å². The Balaban J connectivity index is 1.67. The molecule has 1 heterocycles. The molecule has 132 valence electrons. The minimum Gasteiger partial charge on any atom is -0.134 e. The number of rotatable bonds is 2. The van der Waals surface area contributed by atoms with Crippen molar-refractivity contribution < 1.29 is 0 Å². The van der Waals surface area contributed by atoms with Crippen molar-refractivity contribution in [2.45, 2.75) is 6.42 Å². The van der Waals surface area contributed by atoms with Crippen molar-refractivity contribution in [3.63, 3.8) is 0 Å². The summed E-state index contributed by atoms with van der Waals surface area (Å²) in [5.74, 6) is 0. The number of thiophene rings is 1. The highest BCUT2D eigenvalue weighted by Gasteiger charge is 2.14. The zero-order valence-corrected chi connectivity index (χ0v) is 16.2. The average molecular weight is 375 g/mol. The van der Waals surface area contributed by atoms with Gasteiger partial charge in [0.1, 0.15) is 0 Å². The Labute approximate surface area is 167 Å². The third kappa shape index (κ3) is 2.37. The molecule has 0 saturated heterocycles. The second-order valence-corrected chi connectivity index (χ2v) is 8.44. The van der Waals surface area contributed by atoms with Gasteiger partial charge in [-0.15, -0.1) is 11.3 Å². The van der Waals surface area contributed by atoms with Gasteiger partial charge in [-0.1, -0.05) is 91.0 Å². The summed E-state index contributed by atoms with van der Waals surface area (Å²) in [4.78, 5) is 0. The summed E-state index contributed by atoms with van der Waals surface area (Å²) in [6.45, 7) is 0. The summed E-state index contributed by atoms with van der Waals surface area (Å²) < 4.78 is 2.78. The maximum atomic E-state index is 2.39. The van der Waals surface area contributed by atoms with Gasteiger partial charge < -0.3 is 0 Å². The van der Waals surface area contributed by atoms with Crippen molar-refractivity contribution in [1.29, 1.82) is 0 Å². The topological polar surface area (TPSA) is 0 Å². The first-order valence-corrected chi connectivity index (χ1v) is 10.5. The molecule has 0 fully saturated rings. The lowest BCUT2D eigenvalue weighted by atomic mass is 9.96. The Morgan fingerprint density at radius 1 is 0.500 bits per heavy atom. The lowest BCUT2D eigenvalue weighted by Gasteiger charge is -2.07.